The van der Waals surface area contributed by atoms with E-state index in [4.69, 9.17) is 5.73 Å². The Bertz CT molecular complexity index is 367. The van der Waals surface area contributed by atoms with Gasteiger partial charge in [-0.05, 0) is 6.42 Å². The minimum atomic E-state index is -3.42. The third-order valence-corrected chi connectivity index (χ3v) is 3.83. The standard InChI is InChI=1S/C8H16N4O2S/c1-2-4-12(5-3-9)15(13,14)8-6-10-11-7-8/h6-7H,2-5,9H2,1H3,(H,10,11). The van der Waals surface area contributed by atoms with Gasteiger partial charge < -0.3 is 5.73 Å². The zero-order chi connectivity index (χ0) is 11.3. The summed E-state index contributed by atoms with van der Waals surface area (Å²) in [5.74, 6) is 0. The summed E-state index contributed by atoms with van der Waals surface area (Å²) in [6.07, 6.45) is 3.43. The van der Waals surface area contributed by atoms with E-state index >= 15 is 0 Å². The number of nitrogens with two attached hydrogens (primary N) is 1. The molecule has 0 saturated carbocycles. The van der Waals surface area contributed by atoms with Gasteiger partial charge in [-0.1, -0.05) is 6.92 Å². The number of rotatable bonds is 6. The maximum absolute atomic E-state index is 12.0. The Morgan fingerprint density at radius 3 is 2.73 bits per heavy atom. The van der Waals surface area contributed by atoms with Crippen LogP contribution in [0.4, 0.5) is 0 Å². The summed E-state index contributed by atoms with van der Waals surface area (Å²) in [6.45, 7) is 3.05. The molecule has 0 aromatic carbocycles. The number of hydrogen-bond acceptors (Lipinski definition) is 4. The third kappa shape index (κ3) is 2.77. The molecule has 0 radical (unpaired) electrons. The van der Waals surface area contributed by atoms with Crippen molar-refractivity contribution in [2.75, 3.05) is 19.6 Å². The van der Waals surface area contributed by atoms with Crippen molar-refractivity contribution >= 4 is 10.0 Å². The molecule has 0 aliphatic carbocycles. The first-order chi connectivity index (χ1) is 7.12. The van der Waals surface area contributed by atoms with Crippen molar-refractivity contribution in [2.24, 2.45) is 5.73 Å². The van der Waals surface area contributed by atoms with Crippen LogP contribution >= 0.6 is 0 Å². The van der Waals surface area contributed by atoms with Gasteiger partial charge in [0, 0.05) is 25.8 Å². The highest BCUT2D eigenvalue weighted by molar-refractivity contribution is 7.89. The third-order valence-electron chi connectivity index (χ3n) is 1.96. The Morgan fingerprint density at radius 2 is 2.27 bits per heavy atom. The smallest absolute Gasteiger partial charge is 0.246 e. The van der Waals surface area contributed by atoms with Gasteiger partial charge >= 0.3 is 0 Å². The van der Waals surface area contributed by atoms with Crippen LogP contribution in [0.3, 0.4) is 0 Å². The van der Waals surface area contributed by atoms with Crippen LogP contribution in [0.5, 0.6) is 0 Å². The molecule has 1 aromatic heterocycles. The molecule has 0 spiro atoms. The van der Waals surface area contributed by atoms with Gasteiger partial charge in [-0.25, -0.2) is 8.42 Å². The molecule has 0 fully saturated rings. The van der Waals surface area contributed by atoms with E-state index < -0.39 is 10.0 Å². The highest BCUT2D eigenvalue weighted by Gasteiger charge is 2.23. The quantitative estimate of drug-likeness (QED) is 0.708. The number of nitrogens with zero attached hydrogens (tertiary/aromatic N) is 2. The Morgan fingerprint density at radius 1 is 1.53 bits per heavy atom. The number of H-pyrrole nitrogens is 1. The molecule has 15 heavy (non-hydrogen) atoms. The summed E-state index contributed by atoms with van der Waals surface area (Å²) in [7, 11) is -3.42. The normalized spacial score (nSPS) is 12.2. The van der Waals surface area contributed by atoms with Crippen LogP contribution in [0.1, 0.15) is 13.3 Å². The van der Waals surface area contributed by atoms with Crippen molar-refractivity contribution in [3.05, 3.63) is 12.4 Å². The van der Waals surface area contributed by atoms with Gasteiger partial charge in [-0.2, -0.15) is 9.40 Å². The Labute approximate surface area is 89.5 Å². The predicted molar refractivity (Wildman–Crippen MR) is 56.7 cm³/mol. The minimum Gasteiger partial charge on any atom is -0.329 e. The number of aromatic nitrogens is 2. The number of nitrogens with one attached hydrogen (secondary N) is 1. The van der Waals surface area contributed by atoms with E-state index in [1.807, 2.05) is 6.92 Å². The Hall–Kier alpha value is -0.920. The van der Waals surface area contributed by atoms with Gasteiger partial charge in [0.15, 0.2) is 0 Å². The van der Waals surface area contributed by atoms with Crippen molar-refractivity contribution in [1.29, 1.82) is 0 Å². The van der Waals surface area contributed by atoms with Crippen molar-refractivity contribution in [3.63, 3.8) is 0 Å². The average Bonchev–Trinajstić information content (AvgIpc) is 2.70. The molecule has 0 aliphatic rings. The zero-order valence-corrected chi connectivity index (χ0v) is 9.50. The molecule has 7 heteroatoms. The van der Waals surface area contributed by atoms with Crippen LogP contribution < -0.4 is 5.73 Å². The molecule has 0 unspecified atom stereocenters. The molecular weight excluding hydrogens is 216 g/mol. The maximum Gasteiger partial charge on any atom is 0.246 e. The lowest BCUT2D eigenvalue weighted by atomic mass is 10.5. The first kappa shape index (κ1) is 12.2. The van der Waals surface area contributed by atoms with Crippen LogP contribution in [0.2, 0.25) is 0 Å². The van der Waals surface area contributed by atoms with E-state index in [1.54, 1.807) is 0 Å². The molecule has 1 heterocycles. The van der Waals surface area contributed by atoms with Crippen LogP contribution in [0.15, 0.2) is 17.3 Å². The van der Waals surface area contributed by atoms with E-state index in [1.165, 1.54) is 16.7 Å². The summed E-state index contributed by atoms with van der Waals surface area (Å²) in [5.41, 5.74) is 5.38. The maximum atomic E-state index is 12.0. The molecule has 0 saturated heterocycles. The van der Waals surface area contributed by atoms with Crippen molar-refractivity contribution in [3.8, 4) is 0 Å². The van der Waals surface area contributed by atoms with Gasteiger partial charge in [0.2, 0.25) is 10.0 Å². The summed E-state index contributed by atoms with van der Waals surface area (Å²) in [6, 6.07) is 0. The monoisotopic (exact) mass is 232 g/mol. The molecule has 86 valence electrons. The second-order valence-corrected chi connectivity index (χ2v) is 5.06. The van der Waals surface area contributed by atoms with E-state index in [0.29, 0.717) is 19.6 Å². The van der Waals surface area contributed by atoms with Crippen LogP contribution in [0.25, 0.3) is 0 Å². The highest BCUT2D eigenvalue weighted by Crippen LogP contribution is 2.13. The molecule has 0 amide bonds. The van der Waals surface area contributed by atoms with Crippen molar-refractivity contribution < 1.29 is 8.42 Å². The van der Waals surface area contributed by atoms with Crippen LogP contribution in [-0.4, -0.2) is 42.6 Å². The fourth-order valence-electron chi connectivity index (χ4n) is 1.27. The topological polar surface area (TPSA) is 92.1 Å². The lowest BCUT2D eigenvalue weighted by molar-refractivity contribution is 0.418. The van der Waals surface area contributed by atoms with Gasteiger partial charge in [0.1, 0.15) is 4.90 Å². The summed E-state index contributed by atoms with van der Waals surface area (Å²) in [4.78, 5) is 0.185. The molecule has 0 atom stereocenters. The van der Waals surface area contributed by atoms with Gasteiger partial charge in [0.25, 0.3) is 0 Å². The van der Waals surface area contributed by atoms with Crippen LogP contribution in [-0.2, 0) is 10.0 Å². The fraction of sp³-hybridized carbons (Fsp3) is 0.625. The van der Waals surface area contributed by atoms with E-state index in [0.717, 1.165) is 6.42 Å². The number of aromatic amines is 1. The fourth-order valence-corrected chi connectivity index (χ4v) is 2.73. The molecule has 0 bridgehead atoms. The molecule has 3 N–H and O–H groups in total. The largest absolute Gasteiger partial charge is 0.329 e. The SMILES string of the molecule is CCCN(CCN)S(=O)(=O)c1cn[nH]c1. The first-order valence-corrected chi connectivity index (χ1v) is 6.26. The summed E-state index contributed by atoms with van der Waals surface area (Å²) >= 11 is 0. The summed E-state index contributed by atoms with van der Waals surface area (Å²) < 4.78 is 25.3. The highest BCUT2D eigenvalue weighted by atomic mass is 32.2. The molecule has 1 aromatic rings. The first-order valence-electron chi connectivity index (χ1n) is 4.82. The lowest BCUT2D eigenvalue weighted by Gasteiger charge is -2.19. The van der Waals surface area contributed by atoms with Crippen LogP contribution in [0, 0.1) is 0 Å². The average molecular weight is 232 g/mol. The molecule has 1 rings (SSSR count). The lowest BCUT2D eigenvalue weighted by Crippen LogP contribution is -2.35. The number of sulfonamides is 1. The summed E-state index contributed by atoms with van der Waals surface area (Å²) in [5, 5.41) is 6.12. The molecule has 0 aliphatic heterocycles. The molecule has 6 nitrogen and oxygen atoms in total. The Balaban J connectivity index is 2.91. The van der Waals surface area contributed by atoms with E-state index in [-0.39, 0.29) is 4.90 Å². The van der Waals surface area contributed by atoms with Crippen molar-refractivity contribution in [2.45, 2.75) is 18.2 Å². The van der Waals surface area contributed by atoms with Gasteiger partial charge in [-0.15, -0.1) is 0 Å². The second-order valence-electron chi connectivity index (χ2n) is 3.13. The zero-order valence-electron chi connectivity index (χ0n) is 8.68. The van der Waals surface area contributed by atoms with Gasteiger partial charge in [0.05, 0.1) is 6.20 Å². The number of hydrogen-bond donors (Lipinski definition) is 2. The second kappa shape index (κ2) is 5.24. The molecular formula is C8H16N4O2S. The van der Waals surface area contributed by atoms with E-state index in [2.05, 4.69) is 10.2 Å². The Kier molecular flexibility index (Phi) is 4.25. The predicted octanol–water partition coefficient (Wildman–Crippen LogP) is -0.231. The minimum absolute atomic E-state index is 0.185. The van der Waals surface area contributed by atoms with Gasteiger partial charge in [-0.3, -0.25) is 5.10 Å². The van der Waals surface area contributed by atoms with E-state index in [9.17, 15) is 8.42 Å². The van der Waals surface area contributed by atoms with Crippen molar-refractivity contribution in [1.82, 2.24) is 14.5 Å².